The Labute approximate surface area is 170 Å². The summed E-state index contributed by atoms with van der Waals surface area (Å²) in [5.74, 6) is 1.16. The summed E-state index contributed by atoms with van der Waals surface area (Å²) in [5.41, 5.74) is 1.48. The van der Waals surface area contributed by atoms with Gasteiger partial charge in [0, 0.05) is 15.7 Å². The summed E-state index contributed by atoms with van der Waals surface area (Å²) in [5, 5.41) is 19.9. The van der Waals surface area contributed by atoms with E-state index in [0.29, 0.717) is 28.4 Å². The number of benzene rings is 2. The summed E-state index contributed by atoms with van der Waals surface area (Å²) in [6, 6.07) is 13.8. The van der Waals surface area contributed by atoms with E-state index in [1.165, 1.54) is 35.2 Å². The second kappa shape index (κ2) is 8.15. The van der Waals surface area contributed by atoms with Gasteiger partial charge in [-0.3, -0.25) is 0 Å². The molecule has 4 aromatic rings. The predicted molar refractivity (Wildman–Crippen MR) is 107 cm³/mol. The van der Waals surface area contributed by atoms with Crippen LogP contribution in [0.5, 0.6) is 0 Å². The molecule has 0 amide bonds. The molecule has 0 aliphatic rings. The van der Waals surface area contributed by atoms with Gasteiger partial charge in [-0.05, 0) is 42.5 Å². The van der Waals surface area contributed by atoms with Crippen LogP contribution in [0.2, 0.25) is 0 Å². The zero-order chi connectivity index (χ0) is 18.6. The molecule has 2 aromatic carbocycles. The summed E-state index contributed by atoms with van der Waals surface area (Å²) in [6.45, 7) is 0. The number of rotatable bonds is 6. The minimum atomic E-state index is -0.308. The number of thioether (sulfide) groups is 1. The highest BCUT2D eigenvalue weighted by molar-refractivity contribution is 9.10. The molecule has 10 heteroatoms. The topological polar surface area (TPSA) is 76.7 Å². The first kappa shape index (κ1) is 18.1. The Balaban J connectivity index is 1.37. The van der Waals surface area contributed by atoms with Crippen LogP contribution in [0.1, 0.15) is 5.89 Å². The standard InChI is InChI=1S/C17H11BrFN5OS2/c18-11-6-4-10(5-7-11)15-22-21-14(25-15)9-26-17-24-23-16(27-17)20-13-3-1-2-12(19)8-13/h1-8H,9H2,(H,20,23). The van der Waals surface area contributed by atoms with Crippen molar-refractivity contribution in [1.82, 2.24) is 20.4 Å². The van der Waals surface area contributed by atoms with E-state index in [1.54, 1.807) is 12.1 Å². The zero-order valence-corrected chi connectivity index (χ0v) is 16.8. The van der Waals surface area contributed by atoms with Gasteiger partial charge < -0.3 is 9.73 Å². The van der Waals surface area contributed by atoms with Crippen molar-refractivity contribution in [3.8, 4) is 11.5 Å². The van der Waals surface area contributed by atoms with Crippen LogP contribution in [0.25, 0.3) is 11.5 Å². The number of hydrogen-bond acceptors (Lipinski definition) is 8. The first-order valence-corrected chi connectivity index (χ1v) is 10.3. The van der Waals surface area contributed by atoms with Crippen LogP contribution < -0.4 is 5.32 Å². The van der Waals surface area contributed by atoms with E-state index < -0.39 is 0 Å². The third kappa shape index (κ3) is 4.71. The third-order valence-corrected chi connectivity index (χ3v) is 5.84. The number of aromatic nitrogens is 4. The maximum Gasteiger partial charge on any atom is 0.247 e. The molecule has 2 heterocycles. The normalized spacial score (nSPS) is 10.9. The van der Waals surface area contributed by atoms with E-state index in [9.17, 15) is 4.39 Å². The van der Waals surface area contributed by atoms with Crippen molar-refractivity contribution < 1.29 is 8.81 Å². The Hall–Kier alpha value is -2.30. The average molecular weight is 464 g/mol. The number of hydrogen-bond donors (Lipinski definition) is 1. The molecule has 0 atom stereocenters. The van der Waals surface area contributed by atoms with Gasteiger partial charge in [0.15, 0.2) is 4.34 Å². The SMILES string of the molecule is Fc1cccc(Nc2nnc(SCc3nnc(-c4ccc(Br)cc4)o3)s2)c1. The molecule has 136 valence electrons. The number of halogens is 2. The van der Waals surface area contributed by atoms with Crippen molar-refractivity contribution in [3.05, 3.63) is 64.7 Å². The summed E-state index contributed by atoms with van der Waals surface area (Å²) in [6.07, 6.45) is 0. The maximum absolute atomic E-state index is 13.2. The number of anilines is 2. The largest absolute Gasteiger partial charge is 0.420 e. The Morgan fingerprint density at radius 3 is 2.74 bits per heavy atom. The lowest BCUT2D eigenvalue weighted by molar-refractivity contribution is 0.528. The molecular weight excluding hydrogens is 453 g/mol. The van der Waals surface area contributed by atoms with Crippen molar-refractivity contribution in [2.75, 3.05) is 5.32 Å². The van der Waals surface area contributed by atoms with Gasteiger partial charge in [0.2, 0.25) is 16.9 Å². The van der Waals surface area contributed by atoms with Gasteiger partial charge in [-0.25, -0.2) is 4.39 Å². The van der Waals surface area contributed by atoms with Crippen LogP contribution >= 0.6 is 39.0 Å². The highest BCUT2D eigenvalue weighted by atomic mass is 79.9. The Bertz CT molecular complexity index is 1050. The first-order chi connectivity index (χ1) is 13.2. The Kier molecular flexibility index (Phi) is 5.46. The Morgan fingerprint density at radius 2 is 1.93 bits per heavy atom. The van der Waals surface area contributed by atoms with Crippen LogP contribution in [0.3, 0.4) is 0 Å². The van der Waals surface area contributed by atoms with Crippen LogP contribution in [0.15, 0.2) is 61.8 Å². The van der Waals surface area contributed by atoms with Gasteiger partial charge >= 0.3 is 0 Å². The molecule has 4 rings (SSSR count). The third-order valence-electron chi connectivity index (χ3n) is 3.36. The molecule has 2 aromatic heterocycles. The monoisotopic (exact) mass is 463 g/mol. The van der Waals surface area contributed by atoms with Gasteiger partial charge in [-0.1, -0.05) is 45.1 Å². The average Bonchev–Trinajstić information content (AvgIpc) is 3.30. The molecule has 0 fully saturated rings. The van der Waals surface area contributed by atoms with Gasteiger partial charge in [0.1, 0.15) is 5.82 Å². The van der Waals surface area contributed by atoms with E-state index >= 15 is 0 Å². The summed E-state index contributed by atoms with van der Waals surface area (Å²) in [4.78, 5) is 0. The fourth-order valence-corrected chi connectivity index (χ4v) is 4.03. The molecule has 0 unspecified atom stereocenters. The summed E-state index contributed by atoms with van der Waals surface area (Å²) >= 11 is 6.21. The van der Waals surface area contributed by atoms with E-state index in [2.05, 4.69) is 41.6 Å². The van der Waals surface area contributed by atoms with Crippen LogP contribution in [0, 0.1) is 5.82 Å². The van der Waals surface area contributed by atoms with Crippen molar-refractivity contribution >= 4 is 49.8 Å². The highest BCUT2D eigenvalue weighted by Crippen LogP contribution is 2.30. The molecular formula is C17H11BrFN5OS2. The molecule has 0 bridgehead atoms. The van der Waals surface area contributed by atoms with E-state index in [0.717, 1.165) is 14.4 Å². The van der Waals surface area contributed by atoms with Crippen molar-refractivity contribution in [2.24, 2.45) is 0 Å². The van der Waals surface area contributed by atoms with Crippen LogP contribution in [0.4, 0.5) is 15.2 Å². The molecule has 0 aliphatic heterocycles. The molecule has 0 radical (unpaired) electrons. The Morgan fingerprint density at radius 1 is 1.07 bits per heavy atom. The summed E-state index contributed by atoms with van der Waals surface area (Å²) < 4.78 is 20.6. The minimum Gasteiger partial charge on any atom is -0.420 e. The second-order valence-electron chi connectivity index (χ2n) is 5.30. The fraction of sp³-hybridized carbons (Fsp3) is 0.0588. The number of nitrogens with one attached hydrogen (secondary N) is 1. The van der Waals surface area contributed by atoms with Gasteiger partial charge in [0.25, 0.3) is 0 Å². The molecule has 0 saturated carbocycles. The molecule has 1 N–H and O–H groups in total. The van der Waals surface area contributed by atoms with Crippen LogP contribution in [-0.4, -0.2) is 20.4 Å². The first-order valence-electron chi connectivity index (χ1n) is 7.73. The molecule has 27 heavy (non-hydrogen) atoms. The number of nitrogens with zero attached hydrogens (tertiary/aromatic N) is 4. The van der Waals surface area contributed by atoms with E-state index in [4.69, 9.17) is 4.42 Å². The zero-order valence-electron chi connectivity index (χ0n) is 13.6. The lowest BCUT2D eigenvalue weighted by atomic mass is 10.2. The van der Waals surface area contributed by atoms with Crippen molar-refractivity contribution in [3.63, 3.8) is 0 Å². The van der Waals surface area contributed by atoms with Crippen molar-refractivity contribution in [2.45, 2.75) is 10.1 Å². The lowest BCUT2D eigenvalue weighted by Gasteiger charge is -2.00. The fourth-order valence-electron chi connectivity index (χ4n) is 2.15. The van der Waals surface area contributed by atoms with Gasteiger partial charge in [-0.2, -0.15) is 0 Å². The highest BCUT2D eigenvalue weighted by Gasteiger charge is 2.11. The molecule has 0 aliphatic carbocycles. The summed E-state index contributed by atoms with van der Waals surface area (Å²) in [7, 11) is 0. The maximum atomic E-state index is 13.2. The van der Waals surface area contributed by atoms with E-state index in [1.807, 2.05) is 24.3 Å². The molecule has 0 saturated heterocycles. The molecule has 0 spiro atoms. The van der Waals surface area contributed by atoms with Crippen LogP contribution in [-0.2, 0) is 5.75 Å². The minimum absolute atomic E-state index is 0.308. The second-order valence-corrected chi connectivity index (χ2v) is 8.42. The smallest absolute Gasteiger partial charge is 0.247 e. The molecule has 6 nitrogen and oxygen atoms in total. The predicted octanol–water partition coefficient (Wildman–Crippen LogP) is 5.53. The van der Waals surface area contributed by atoms with Crippen molar-refractivity contribution in [1.29, 1.82) is 0 Å². The van der Waals surface area contributed by atoms with E-state index in [-0.39, 0.29) is 5.82 Å². The van der Waals surface area contributed by atoms with Gasteiger partial charge in [-0.15, -0.1) is 20.4 Å². The lowest BCUT2D eigenvalue weighted by Crippen LogP contribution is -1.89. The quantitative estimate of drug-likeness (QED) is 0.376. The van der Waals surface area contributed by atoms with Gasteiger partial charge in [0.05, 0.1) is 5.75 Å².